The fourth-order valence-corrected chi connectivity index (χ4v) is 1.73. The Bertz CT molecular complexity index is 265. The van der Waals surface area contributed by atoms with Crippen LogP contribution in [0.2, 0.25) is 0 Å². The van der Waals surface area contributed by atoms with Gasteiger partial charge in [-0.15, -0.1) is 0 Å². The smallest absolute Gasteiger partial charge is 0.333 e. The molecule has 0 aromatic carbocycles. The molecule has 1 atom stereocenters. The van der Waals surface area contributed by atoms with Gasteiger partial charge < -0.3 is 20.2 Å². The summed E-state index contributed by atoms with van der Waals surface area (Å²) >= 11 is 0. The second kappa shape index (κ2) is 16.2. The molecule has 0 spiro atoms. The van der Waals surface area contributed by atoms with E-state index in [1.165, 1.54) is 58.2 Å². The van der Waals surface area contributed by atoms with Gasteiger partial charge in [-0.2, -0.15) is 0 Å². The summed E-state index contributed by atoms with van der Waals surface area (Å²) < 4.78 is 0. The van der Waals surface area contributed by atoms with Crippen molar-refractivity contribution in [2.75, 3.05) is 19.6 Å². The van der Waals surface area contributed by atoms with E-state index in [0.29, 0.717) is 0 Å². The van der Waals surface area contributed by atoms with Crippen LogP contribution in [0.25, 0.3) is 0 Å². The topological polar surface area (TPSA) is 98.1 Å². The number of aliphatic carboxylic acids is 2. The summed E-state index contributed by atoms with van der Waals surface area (Å²) in [6.07, 6.45) is 5.55. The van der Waals surface area contributed by atoms with E-state index >= 15 is 0 Å². The van der Waals surface area contributed by atoms with Gasteiger partial charge in [-0.25, -0.2) is 4.79 Å². The molecule has 3 N–H and O–H groups in total. The number of hydrogen-bond donors (Lipinski definition) is 3. The Morgan fingerprint density at radius 1 is 0.864 bits per heavy atom. The first-order chi connectivity index (χ1) is 10.4. The lowest BCUT2D eigenvalue weighted by Gasteiger charge is -2.21. The van der Waals surface area contributed by atoms with Gasteiger partial charge in [0.15, 0.2) is 6.10 Å². The zero-order valence-electron chi connectivity index (χ0n) is 14.3. The Morgan fingerprint density at radius 2 is 1.23 bits per heavy atom. The average Bonchev–Trinajstić information content (AvgIpc) is 2.46. The predicted molar refractivity (Wildman–Crippen MR) is 87.1 cm³/mol. The summed E-state index contributed by atoms with van der Waals surface area (Å²) in [6, 6.07) is 0. The molecule has 0 saturated heterocycles. The van der Waals surface area contributed by atoms with Gasteiger partial charge in [0, 0.05) is 0 Å². The Balaban J connectivity index is 0. The molecule has 22 heavy (non-hydrogen) atoms. The Hall–Kier alpha value is -1.14. The predicted octanol–water partition coefficient (Wildman–Crippen LogP) is 2.60. The third-order valence-electron chi connectivity index (χ3n) is 3.14. The number of carboxylic acid groups (broad SMARTS) is 2. The number of aliphatic hydroxyl groups excluding tert-OH is 1. The van der Waals surface area contributed by atoms with E-state index in [4.69, 9.17) is 15.3 Å². The van der Waals surface area contributed by atoms with Crippen LogP contribution in [0.5, 0.6) is 0 Å². The van der Waals surface area contributed by atoms with Crippen LogP contribution < -0.4 is 0 Å². The van der Waals surface area contributed by atoms with E-state index in [0.717, 1.165) is 0 Å². The highest BCUT2D eigenvalue weighted by atomic mass is 16.4. The van der Waals surface area contributed by atoms with Crippen LogP contribution in [0.3, 0.4) is 0 Å². The second-order valence-electron chi connectivity index (χ2n) is 5.35. The van der Waals surface area contributed by atoms with Gasteiger partial charge in [-0.3, -0.25) is 4.79 Å². The van der Waals surface area contributed by atoms with Crippen molar-refractivity contribution < 1.29 is 24.9 Å². The van der Waals surface area contributed by atoms with Crippen molar-refractivity contribution in [1.82, 2.24) is 4.90 Å². The zero-order valence-corrected chi connectivity index (χ0v) is 14.3. The lowest BCUT2D eigenvalue weighted by molar-refractivity contribution is -0.152. The molecule has 0 saturated carbocycles. The maximum atomic E-state index is 9.72. The quantitative estimate of drug-likeness (QED) is 0.511. The van der Waals surface area contributed by atoms with Gasteiger partial charge in [-0.05, 0) is 38.9 Å². The number of rotatable bonds is 12. The minimum absolute atomic E-state index is 0.755. The van der Waals surface area contributed by atoms with Gasteiger partial charge in [0.05, 0.1) is 6.42 Å². The van der Waals surface area contributed by atoms with E-state index < -0.39 is 24.5 Å². The molecule has 0 amide bonds. The lowest BCUT2D eigenvalue weighted by Crippen LogP contribution is -2.27. The number of unbranched alkanes of at least 4 members (excludes halogenated alkanes) is 3. The molecule has 6 heteroatoms. The maximum Gasteiger partial charge on any atom is 0.333 e. The van der Waals surface area contributed by atoms with Gasteiger partial charge in [0.2, 0.25) is 0 Å². The maximum absolute atomic E-state index is 9.72. The third kappa shape index (κ3) is 16.9. The SMILES string of the molecule is CCCCN(CCCC)CCCC.O=C(O)CC(O)C(=O)O. The van der Waals surface area contributed by atoms with Crippen LogP contribution in [-0.4, -0.2) is 57.9 Å². The minimum atomic E-state index is -1.79. The molecule has 6 nitrogen and oxygen atoms in total. The highest BCUT2D eigenvalue weighted by Crippen LogP contribution is 2.01. The van der Waals surface area contributed by atoms with Crippen molar-refractivity contribution in [3.63, 3.8) is 0 Å². The van der Waals surface area contributed by atoms with Crippen molar-refractivity contribution in [3.05, 3.63) is 0 Å². The average molecular weight is 319 g/mol. The highest BCUT2D eigenvalue weighted by Gasteiger charge is 2.16. The van der Waals surface area contributed by atoms with E-state index in [9.17, 15) is 9.59 Å². The van der Waals surface area contributed by atoms with Crippen LogP contribution in [0.4, 0.5) is 0 Å². The van der Waals surface area contributed by atoms with Gasteiger partial charge in [0.25, 0.3) is 0 Å². The van der Waals surface area contributed by atoms with Crippen molar-refractivity contribution >= 4 is 11.9 Å². The van der Waals surface area contributed by atoms with Crippen molar-refractivity contribution in [2.24, 2.45) is 0 Å². The van der Waals surface area contributed by atoms with Crippen LogP contribution >= 0.6 is 0 Å². The van der Waals surface area contributed by atoms with E-state index in [-0.39, 0.29) is 0 Å². The van der Waals surface area contributed by atoms with E-state index in [2.05, 4.69) is 25.7 Å². The van der Waals surface area contributed by atoms with E-state index in [1.54, 1.807) is 0 Å². The van der Waals surface area contributed by atoms with Gasteiger partial charge in [0.1, 0.15) is 0 Å². The summed E-state index contributed by atoms with van der Waals surface area (Å²) in [6.45, 7) is 10.8. The summed E-state index contributed by atoms with van der Waals surface area (Å²) in [4.78, 5) is 22.0. The molecule has 132 valence electrons. The first kappa shape index (κ1) is 23.1. The number of carboxylic acids is 2. The van der Waals surface area contributed by atoms with Crippen LogP contribution in [-0.2, 0) is 9.59 Å². The molecule has 0 heterocycles. The molecule has 1 unspecified atom stereocenters. The van der Waals surface area contributed by atoms with Crippen LogP contribution in [0.1, 0.15) is 65.7 Å². The summed E-state index contributed by atoms with van der Waals surface area (Å²) in [5, 5.41) is 24.1. The Labute approximate surface area is 134 Å². The monoisotopic (exact) mass is 319 g/mol. The largest absolute Gasteiger partial charge is 0.481 e. The zero-order chi connectivity index (χ0) is 17.4. The molecule has 0 aliphatic heterocycles. The standard InChI is InChI=1S/C12H27N.C4H6O5/c1-4-7-10-13(11-8-5-2)12-9-6-3;5-2(4(8)9)1-3(6)7/h4-12H2,1-3H3;2,5H,1H2,(H,6,7)(H,8,9). The van der Waals surface area contributed by atoms with Crippen LogP contribution in [0, 0.1) is 0 Å². The number of carbonyl (C=O) groups is 2. The summed E-state index contributed by atoms with van der Waals surface area (Å²) in [5.74, 6) is -2.85. The lowest BCUT2D eigenvalue weighted by atomic mass is 10.2. The van der Waals surface area contributed by atoms with Crippen LogP contribution in [0.15, 0.2) is 0 Å². The summed E-state index contributed by atoms with van der Waals surface area (Å²) in [7, 11) is 0. The Kier molecular flexibility index (Phi) is 17.1. The van der Waals surface area contributed by atoms with Gasteiger partial charge in [-0.1, -0.05) is 40.0 Å². The van der Waals surface area contributed by atoms with Crippen molar-refractivity contribution in [1.29, 1.82) is 0 Å². The molecule has 0 aromatic rings. The third-order valence-corrected chi connectivity index (χ3v) is 3.14. The minimum Gasteiger partial charge on any atom is -0.481 e. The molecule has 0 radical (unpaired) electrons. The normalized spacial score (nSPS) is 11.7. The number of aliphatic hydroxyl groups is 1. The number of hydrogen-bond acceptors (Lipinski definition) is 4. The molecule has 0 aliphatic carbocycles. The Morgan fingerprint density at radius 3 is 1.41 bits per heavy atom. The van der Waals surface area contributed by atoms with Gasteiger partial charge >= 0.3 is 11.9 Å². The number of nitrogens with zero attached hydrogens (tertiary/aromatic N) is 1. The summed E-state index contributed by atoms with van der Waals surface area (Å²) in [5.41, 5.74) is 0. The molecular formula is C16H33NO5. The first-order valence-corrected chi connectivity index (χ1v) is 8.23. The first-order valence-electron chi connectivity index (χ1n) is 8.23. The molecular weight excluding hydrogens is 286 g/mol. The molecule has 0 fully saturated rings. The molecule has 0 rings (SSSR count). The fraction of sp³-hybridized carbons (Fsp3) is 0.875. The highest BCUT2D eigenvalue weighted by molar-refractivity contribution is 5.79. The van der Waals surface area contributed by atoms with Crippen molar-refractivity contribution in [3.8, 4) is 0 Å². The fourth-order valence-electron chi connectivity index (χ4n) is 1.73. The van der Waals surface area contributed by atoms with Crippen molar-refractivity contribution in [2.45, 2.75) is 71.8 Å². The second-order valence-corrected chi connectivity index (χ2v) is 5.35. The van der Waals surface area contributed by atoms with E-state index in [1.807, 2.05) is 0 Å². The molecule has 0 aromatic heterocycles. The molecule has 0 bridgehead atoms. The molecule has 0 aliphatic rings.